The number of nitrogens with one attached hydrogen (secondary N) is 1. The van der Waals surface area contributed by atoms with Gasteiger partial charge >= 0.3 is 0 Å². The summed E-state index contributed by atoms with van der Waals surface area (Å²) in [5, 5.41) is 0. The van der Waals surface area contributed by atoms with Crippen LogP contribution in [0, 0.1) is 0 Å². The summed E-state index contributed by atoms with van der Waals surface area (Å²) in [7, 11) is 0.845. The van der Waals surface area contributed by atoms with Crippen LogP contribution in [-0.4, -0.2) is 44.7 Å². The highest BCUT2D eigenvalue weighted by Crippen LogP contribution is 2.24. The van der Waals surface area contributed by atoms with Gasteiger partial charge in [0.1, 0.15) is 0 Å². The van der Waals surface area contributed by atoms with Gasteiger partial charge in [0.15, 0.2) is 0 Å². The third-order valence-corrected chi connectivity index (χ3v) is 3.47. The zero-order valence-electron chi connectivity index (χ0n) is 10.9. The quantitative estimate of drug-likeness (QED) is 0.776. The molecule has 0 aliphatic rings. The van der Waals surface area contributed by atoms with E-state index in [0.29, 0.717) is 0 Å². The molecule has 0 aliphatic carbocycles. The fraction of sp³-hybridized carbons (Fsp3) is 1.00. The number of hydrogen-bond acceptors (Lipinski definition) is 3. The molecule has 0 bridgehead atoms. The Balaban J connectivity index is 4.65. The topological polar surface area (TPSA) is 49.4 Å². The summed E-state index contributed by atoms with van der Waals surface area (Å²) in [6.45, 7) is 8.00. The maximum absolute atomic E-state index is 11.2. The van der Waals surface area contributed by atoms with Gasteiger partial charge in [-0.15, -0.1) is 0 Å². The smallest absolute Gasteiger partial charge is 0.209 e. The molecule has 0 aliphatic heterocycles. The SMILES string of the molecule is CN(C)C(C)(C)CC(C)(C)NS(C)(=O)=O. The minimum absolute atomic E-state index is 0.0405. The Kier molecular flexibility index (Phi) is 4.35. The van der Waals surface area contributed by atoms with Crippen molar-refractivity contribution in [1.82, 2.24) is 9.62 Å². The predicted octanol–water partition coefficient (Wildman–Crippen LogP) is 1.04. The molecule has 0 heterocycles. The van der Waals surface area contributed by atoms with E-state index in [9.17, 15) is 8.42 Å². The van der Waals surface area contributed by atoms with Gasteiger partial charge in [-0.2, -0.15) is 0 Å². The zero-order chi connectivity index (χ0) is 12.5. The van der Waals surface area contributed by atoms with Gasteiger partial charge in [-0.1, -0.05) is 0 Å². The number of sulfonamides is 1. The number of rotatable bonds is 5. The van der Waals surface area contributed by atoms with E-state index in [2.05, 4.69) is 23.5 Å². The average Bonchev–Trinajstić information content (AvgIpc) is 1.75. The normalized spacial score (nSPS) is 14.7. The molecule has 0 aromatic heterocycles. The third kappa shape index (κ3) is 6.12. The van der Waals surface area contributed by atoms with E-state index in [1.165, 1.54) is 6.26 Å². The lowest BCUT2D eigenvalue weighted by atomic mass is 9.87. The van der Waals surface area contributed by atoms with Crippen molar-refractivity contribution in [3.05, 3.63) is 0 Å². The van der Waals surface area contributed by atoms with E-state index in [1.807, 2.05) is 27.9 Å². The van der Waals surface area contributed by atoms with Crippen LogP contribution in [-0.2, 0) is 10.0 Å². The molecular formula is C10H24N2O2S. The van der Waals surface area contributed by atoms with Gasteiger partial charge in [-0.3, -0.25) is 0 Å². The Morgan fingerprint density at radius 2 is 1.53 bits per heavy atom. The Labute approximate surface area is 94.1 Å². The second kappa shape index (κ2) is 4.39. The van der Waals surface area contributed by atoms with Crippen molar-refractivity contribution in [2.24, 2.45) is 0 Å². The standard InChI is InChI=1S/C10H24N2O2S/c1-9(2,11-15(7,13)14)8-10(3,4)12(5)6/h11H,8H2,1-7H3. The average molecular weight is 236 g/mol. The monoisotopic (exact) mass is 236 g/mol. The molecule has 0 aromatic rings. The highest BCUT2D eigenvalue weighted by Gasteiger charge is 2.32. The molecule has 0 atom stereocenters. The van der Waals surface area contributed by atoms with Crippen LogP contribution in [0.4, 0.5) is 0 Å². The Bertz CT molecular complexity index is 305. The first-order valence-corrected chi connectivity index (χ1v) is 6.91. The zero-order valence-corrected chi connectivity index (χ0v) is 11.7. The van der Waals surface area contributed by atoms with E-state index >= 15 is 0 Å². The summed E-state index contributed by atoms with van der Waals surface area (Å²) >= 11 is 0. The lowest BCUT2D eigenvalue weighted by Gasteiger charge is -2.39. The van der Waals surface area contributed by atoms with Crippen LogP contribution in [0.25, 0.3) is 0 Å². The van der Waals surface area contributed by atoms with Crippen LogP contribution < -0.4 is 4.72 Å². The molecule has 0 unspecified atom stereocenters. The summed E-state index contributed by atoms with van der Waals surface area (Å²) in [6, 6.07) is 0. The van der Waals surface area contributed by atoms with Crippen molar-refractivity contribution in [1.29, 1.82) is 0 Å². The van der Waals surface area contributed by atoms with Crippen LogP contribution in [0.5, 0.6) is 0 Å². The van der Waals surface area contributed by atoms with Crippen LogP contribution >= 0.6 is 0 Å². The second-order valence-corrected chi connectivity index (χ2v) is 7.39. The molecule has 15 heavy (non-hydrogen) atoms. The highest BCUT2D eigenvalue weighted by molar-refractivity contribution is 7.88. The summed E-state index contributed by atoms with van der Waals surface area (Å²) < 4.78 is 25.0. The van der Waals surface area contributed by atoms with Gasteiger partial charge in [0.05, 0.1) is 6.26 Å². The Hall–Kier alpha value is -0.130. The lowest BCUT2D eigenvalue weighted by molar-refractivity contribution is 0.147. The molecule has 0 spiro atoms. The molecule has 0 saturated carbocycles. The molecule has 0 saturated heterocycles. The Morgan fingerprint density at radius 1 is 1.13 bits per heavy atom. The minimum atomic E-state index is -3.15. The van der Waals surface area contributed by atoms with Gasteiger partial charge in [-0.25, -0.2) is 13.1 Å². The fourth-order valence-electron chi connectivity index (χ4n) is 1.78. The molecule has 0 fully saturated rings. The van der Waals surface area contributed by atoms with Crippen LogP contribution in [0.1, 0.15) is 34.1 Å². The summed E-state index contributed by atoms with van der Waals surface area (Å²) in [5.74, 6) is 0. The summed E-state index contributed by atoms with van der Waals surface area (Å²) in [6.07, 6.45) is 1.94. The molecule has 1 N–H and O–H groups in total. The molecule has 0 aromatic carbocycles. The van der Waals surface area contributed by atoms with Crippen molar-refractivity contribution in [3.63, 3.8) is 0 Å². The van der Waals surface area contributed by atoms with Crippen molar-refractivity contribution >= 4 is 10.0 Å². The molecule has 92 valence electrons. The van der Waals surface area contributed by atoms with Crippen LogP contribution in [0.3, 0.4) is 0 Å². The Morgan fingerprint density at radius 3 is 1.80 bits per heavy atom. The molecule has 4 nitrogen and oxygen atoms in total. The fourth-order valence-corrected chi connectivity index (χ4v) is 2.85. The number of nitrogens with zero attached hydrogens (tertiary/aromatic N) is 1. The predicted molar refractivity (Wildman–Crippen MR) is 64.4 cm³/mol. The van der Waals surface area contributed by atoms with Crippen molar-refractivity contribution in [2.75, 3.05) is 20.4 Å². The summed E-state index contributed by atoms with van der Waals surface area (Å²) in [4.78, 5) is 2.10. The van der Waals surface area contributed by atoms with Gasteiger partial charge in [0, 0.05) is 11.1 Å². The second-order valence-electron chi connectivity index (χ2n) is 5.64. The number of hydrogen-bond donors (Lipinski definition) is 1. The first-order chi connectivity index (χ1) is 6.36. The maximum Gasteiger partial charge on any atom is 0.209 e. The largest absolute Gasteiger partial charge is 0.304 e. The van der Waals surface area contributed by atoms with Crippen LogP contribution in [0.2, 0.25) is 0 Å². The van der Waals surface area contributed by atoms with Crippen LogP contribution in [0.15, 0.2) is 0 Å². The van der Waals surface area contributed by atoms with Gasteiger partial charge in [0.25, 0.3) is 0 Å². The highest BCUT2D eigenvalue weighted by atomic mass is 32.2. The van der Waals surface area contributed by atoms with Crippen molar-refractivity contribution in [3.8, 4) is 0 Å². The van der Waals surface area contributed by atoms with Gasteiger partial charge in [0.2, 0.25) is 10.0 Å². The maximum atomic E-state index is 11.2. The minimum Gasteiger partial charge on any atom is -0.304 e. The van der Waals surface area contributed by atoms with E-state index < -0.39 is 15.6 Å². The van der Waals surface area contributed by atoms with Crippen molar-refractivity contribution < 1.29 is 8.42 Å². The van der Waals surface area contributed by atoms with E-state index in [0.717, 1.165) is 6.42 Å². The molecule has 0 radical (unpaired) electrons. The molecule has 5 heteroatoms. The third-order valence-electron chi connectivity index (χ3n) is 2.55. The van der Waals surface area contributed by atoms with E-state index in [1.54, 1.807) is 0 Å². The first-order valence-electron chi connectivity index (χ1n) is 5.02. The molecule has 0 amide bonds. The van der Waals surface area contributed by atoms with E-state index in [-0.39, 0.29) is 5.54 Å². The summed E-state index contributed by atoms with van der Waals surface area (Å²) in [5.41, 5.74) is -0.470. The molecule has 0 rings (SSSR count). The first kappa shape index (κ1) is 14.9. The molecular weight excluding hydrogens is 212 g/mol. The lowest BCUT2D eigenvalue weighted by Crippen LogP contribution is -2.51. The van der Waals surface area contributed by atoms with Crippen molar-refractivity contribution in [2.45, 2.75) is 45.2 Å². The van der Waals surface area contributed by atoms with E-state index in [4.69, 9.17) is 0 Å². The van der Waals surface area contributed by atoms with Gasteiger partial charge < -0.3 is 4.90 Å². The van der Waals surface area contributed by atoms with Gasteiger partial charge in [-0.05, 0) is 48.2 Å².